The van der Waals surface area contributed by atoms with E-state index < -0.39 is 64.5 Å². The first-order valence-corrected chi connectivity index (χ1v) is 29.9. The van der Waals surface area contributed by atoms with Crippen LogP contribution in [0.1, 0.15) is 121 Å². The first-order chi connectivity index (χ1) is 43.9. The van der Waals surface area contributed by atoms with Gasteiger partial charge in [-0.25, -0.2) is 4.39 Å². The van der Waals surface area contributed by atoms with Gasteiger partial charge in [-0.15, -0.1) is 0 Å². The molecule has 506 valence electrons. The number of fused-ring (bicyclic) bond motifs is 1. The monoisotopic (exact) mass is 1320 g/mol. The third kappa shape index (κ3) is 29.3. The Morgan fingerprint density at radius 2 is 0.758 bits per heavy atom. The fraction of sp³-hybridized carbons (Fsp3) is 0.257. The lowest BCUT2D eigenvalue weighted by Crippen LogP contribution is -2.35. The Morgan fingerprint density at radius 1 is 0.358 bits per heavy atom. The highest BCUT2D eigenvalue weighted by Gasteiger charge is 2.36. The summed E-state index contributed by atoms with van der Waals surface area (Å²) < 4.78 is 84.7. The second kappa shape index (κ2) is 38.0. The first kappa shape index (κ1) is 83.2. The van der Waals surface area contributed by atoms with E-state index in [0.29, 0.717) is 22.3 Å². The van der Waals surface area contributed by atoms with Gasteiger partial charge in [0.25, 0.3) is 0 Å². The standard InChI is InChI=1S/C14H23N.C10H9BO2.2C10H15N.2C7H6BF3O2.C6H6BFO2.C6H7BO2/c1-13(2,3)10-7-8-11(12(15)9-10)14(4,5)6;12-11(13)10-7-3-5-8-4-1-2-6-9(8)10;1-10(2,3)8-6-4-5-7-9(8)11;1-7(2)9-6-4-5-8(3)10(9)11;9-7(10,11)5-1-3-6(4-2-5)8(12)13;9-7(10,11)5-3-1-2-4-6(5)8(12)13;8-6-3-1-5(2-4-6)7(9)10;8-7(9)6-4-2-1-3-5-6/h7-9H,15H2,1-6H3;1-7,12-13H;2*4-7H,11H2,1-3H3;2*1-4,12-13H;1-4,9-10H;1-5,8-9H. The topological polar surface area (TPSA) is 280 Å². The van der Waals surface area contributed by atoms with Crippen molar-refractivity contribution in [1.29, 1.82) is 0 Å². The van der Waals surface area contributed by atoms with Crippen LogP contribution >= 0.6 is 0 Å². The fourth-order valence-electron chi connectivity index (χ4n) is 8.66. The molecule has 25 heteroatoms. The maximum Gasteiger partial charge on any atom is 0.489 e. The van der Waals surface area contributed by atoms with Crippen molar-refractivity contribution >= 4 is 90.7 Å². The van der Waals surface area contributed by atoms with Gasteiger partial charge < -0.3 is 67.4 Å². The highest BCUT2D eigenvalue weighted by atomic mass is 19.4. The van der Waals surface area contributed by atoms with Crippen LogP contribution in [0.25, 0.3) is 10.8 Å². The van der Waals surface area contributed by atoms with Gasteiger partial charge in [0.2, 0.25) is 0 Å². The van der Waals surface area contributed by atoms with E-state index in [1.54, 1.807) is 30.3 Å². The van der Waals surface area contributed by atoms with Crippen LogP contribution in [-0.4, -0.2) is 85.8 Å². The third-order valence-electron chi connectivity index (χ3n) is 13.9. The third-order valence-corrected chi connectivity index (χ3v) is 13.9. The summed E-state index contributed by atoms with van der Waals surface area (Å²) in [6.07, 6.45) is -8.95. The quantitative estimate of drug-likeness (QED) is 0.0420. The van der Waals surface area contributed by atoms with Gasteiger partial charge in [0.1, 0.15) is 5.82 Å². The van der Waals surface area contributed by atoms with Crippen molar-refractivity contribution in [3.05, 3.63) is 251 Å². The van der Waals surface area contributed by atoms with E-state index in [1.165, 1.54) is 64.2 Å². The van der Waals surface area contributed by atoms with Crippen LogP contribution in [0.3, 0.4) is 0 Å². The molecule has 0 fully saturated rings. The zero-order valence-electron chi connectivity index (χ0n) is 55.4. The second-order valence-corrected chi connectivity index (χ2v) is 25.0. The number of benzene rings is 9. The molecule has 9 aromatic carbocycles. The van der Waals surface area contributed by atoms with Crippen molar-refractivity contribution in [3.63, 3.8) is 0 Å². The lowest BCUT2D eigenvalue weighted by molar-refractivity contribution is -0.138. The lowest BCUT2D eigenvalue weighted by Gasteiger charge is -2.25. The van der Waals surface area contributed by atoms with Gasteiger partial charge in [-0.2, -0.15) is 26.3 Å². The summed E-state index contributed by atoms with van der Waals surface area (Å²) in [6.45, 7) is 26.0. The molecule has 0 saturated carbocycles. The molecule has 9 rings (SSSR count). The smallest absolute Gasteiger partial charge is 0.423 e. The fourth-order valence-corrected chi connectivity index (χ4v) is 8.66. The maximum absolute atomic E-state index is 12.2. The predicted molar refractivity (Wildman–Crippen MR) is 376 cm³/mol. The number of para-hydroxylation sites is 2. The van der Waals surface area contributed by atoms with Crippen LogP contribution < -0.4 is 44.5 Å². The lowest BCUT2D eigenvalue weighted by atomic mass is 9.77. The van der Waals surface area contributed by atoms with Gasteiger partial charge >= 0.3 is 47.9 Å². The van der Waals surface area contributed by atoms with Crippen molar-refractivity contribution < 1.29 is 81.0 Å². The molecular formula is C70H87B5F7N3O10. The average molecular weight is 1320 g/mol. The number of alkyl halides is 6. The van der Waals surface area contributed by atoms with Crippen LogP contribution in [0, 0.1) is 12.7 Å². The Balaban J connectivity index is 0.000000371. The average Bonchev–Trinajstić information content (AvgIpc) is 0.846. The summed E-state index contributed by atoms with van der Waals surface area (Å²) in [5.41, 5.74) is 26.2. The van der Waals surface area contributed by atoms with E-state index in [-0.39, 0.29) is 27.5 Å². The summed E-state index contributed by atoms with van der Waals surface area (Å²) >= 11 is 0. The molecule has 0 unspecified atom stereocenters. The van der Waals surface area contributed by atoms with Gasteiger partial charge in [-0.05, 0) is 119 Å². The van der Waals surface area contributed by atoms with Crippen molar-refractivity contribution in [2.45, 2.75) is 118 Å². The first-order valence-electron chi connectivity index (χ1n) is 29.9. The number of anilines is 3. The Morgan fingerprint density at radius 3 is 1.16 bits per heavy atom. The number of hydrogen-bond acceptors (Lipinski definition) is 13. The molecule has 0 aromatic heterocycles. The zero-order valence-corrected chi connectivity index (χ0v) is 55.4. The van der Waals surface area contributed by atoms with Crippen LogP contribution in [0.4, 0.5) is 47.8 Å². The van der Waals surface area contributed by atoms with Crippen LogP contribution in [0.15, 0.2) is 206 Å². The molecule has 0 heterocycles. The molecule has 0 atom stereocenters. The van der Waals surface area contributed by atoms with Crippen molar-refractivity contribution in [2.24, 2.45) is 0 Å². The molecule has 0 saturated heterocycles. The Kier molecular flexibility index (Phi) is 33.2. The number of rotatable bonds is 6. The predicted octanol–water partition coefficient (Wildman–Crippen LogP) is 9.29. The van der Waals surface area contributed by atoms with Crippen LogP contribution in [-0.2, 0) is 28.6 Å². The Labute approximate surface area is 555 Å². The normalized spacial score (nSPS) is 11.0. The largest absolute Gasteiger partial charge is 0.489 e. The molecule has 95 heavy (non-hydrogen) atoms. The van der Waals surface area contributed by atoms with E-state index in [1.807, 2.05) is 73.7 Å². The molecule has 16 N–H and O–H groups in total. The number of nitrogen functional groups attached to an aromatic ring is 3. The van der Waals surface area contributed by atoms with Gasteiger partial charge in [-0.3, -0.25) is 0 Å². The minimum atomic E-state index is -4.56. The van der Waals surface area contributed by atoms with E-state index in [2.05, 4.69) is 113 Å². The zero-order chi connectivity index (χ0) is 72.4. The maximum atomic E-state index is 12.2. The molecule has 0 amide bonds. The van der Waals surface area contributed by atoms with Crippen molar-refractivity contribution in [1.82, 2.24) is 0 Å². The van der Waals surface area contributed by atoms with E-state index >= 15 is 0 Å². The minimum Gasteiger partial charge on any atom is -0.423 e. The number of hydrogen-bond donors (Lipinski definition) is 13. The number of halogens is 7. The van der Waals surface area contributed by atoms with E-state index in [9.17, 15) is 30.7 Å². The Bertz CT molecular complexity index is 3700. The van der Waals surface area contributed by atoms with Gasteiger partial charge in [0.05, 0.1) is 11.1 Å². The van der Waals surface area contributed by atoms with E-state index in [4.69, 9.17) is 67.4 Å². The molecule has 0 aliphatic rings. The highest BCUT2D eigenvalue weighted by Crippen LogP contribution is 2.33. The molecular weight excluding hydrogens is 1230 g/mol. The molecule has 0 aliphatic carbocycles. The molecule has 13 nitrogen and oxygen atoms in total. The summed E-state index contributed by atoms with van der Waals surface area (Å²) in [6, 6.07) is 55.4. The molecule has 9 aromatic rings. The van der Waals surface area contributed by atoms with Crippen LogP contribution in [0.5, 0.6) is 0 Å². The highest BCUT2D eigenvalue weighted by molar-refractivity contribution is 6.62. The molecule has 0 aliphatic heterocycles. The molecule has 0 bridgehead atoms. The van der Waals surface area contributed by atoms with Gasteiger partial charge in [0.15, 0.2) is 0 Å². The van der Waals surface area contributed by atoms with Crippen molar-refractivity contribution in [3.8, 4) is 0 Å². The number of aryl methyl sites for hydroxylation is 1. The summed E-state index contributed by atoms with van der Waals surface area (Å²) in [5, 5.41) is 88.7. The SMILES string of the molecule is CC(C)(C)c1ccc(C(C)(C)C)c(N)c1.CC(C)(C)c1ccccc1N.Cc1cccc(C(C)C)c1N.OB(O)c1ccc(C(F)(F)F)cc1.OB(O)c1ccc(F)cc1.OB(O)c1cccc2ccccc12.OB(O)c1ccccc1.OB(O)c1ccccc1C(F)(F)F. The summed E-state index contributed by atoms with van der Waals surface area (Å²) in [7, 11) is -8.09. The second-order valence-electron chi connectivity index (χ2n) is 25.0. The number of nitrogens with two attached hydrogens (primary N) is 3. The van der Waals surface area contributed by atoms with Gasteiger partial charge in [-0.1, -0.05) is 258 Å². The molecule has 0 spiro atoms. The van der Waals surface area contributed by atoms with Crippen molar-refractivity contribution in [2.75, 3.05) is 17.2 Å². The minimum absolute atomic E-state index is 0.0352. The van der Waals surface area contributed by atoms with E-state index in [0.717, 1.165) is 64.2 Å². The molecule has 0 radical (unpaired) electrons. The summed E-state index contributed by atoms with van der Waals surface area (Å²) in [4.78, 5) is 0. The Hall–Kier alpha value is -7.93. The summed E-state index contributed by atoms with van der Waals surface area (Å²) in [5.74, 6) is 0.138. The van der Waals surface area contributed by atoms with Crippen LogP contribution in [0.2, 0.25) is 0 Å². The van der Waals surface area contributed by atoms with Gasteiger partial charge in [0, 0.05) is 17.1 Å².